The Labute approximate surface area is 154 Å². The Balaban J connectivity index is 1.45. The molecule has 1 heterocycles. The van der Waals surface area contributed by atoms with E-state index in [0.717, 1.165) is 19.5 Å². The summed E-state index contributed by atoms with van der Waals surface area (Å²) < 4.78 is 5.47. The normalized spacial score (nSPS) is 14.8. The van der Waals surface area contributed by atoms with E-state index in [4.69, 9.17) is 10.00 Å². The predicted molar refractivity (Wildman–Crippen MR) is 99.7 cm³/mol. The number of para-hydroxylation sites is 1. The van der Waals surface area contributed by atoms with Gasteiger partial charge in [0.2, 0.25) is 0 Å². The number of hydrogen-bond donors (Lipinski definition) is 1. The van der Waals surface area contributed by atoms with Crippen molar-refractivity contribution in [1.82, 2.24) is 10.2 Å². The van der Waals surface area contributed by atoms with Crippen molar-refractivity contribution >= 4 is 5.91 Å². The SMILES string of the molecule is CC(CNC(=O)COc1ccccc1C#N)N1CCc2ccccc2C1. The van der Waals surface area contributed by atoms with Crippen LogP contribution in [0.5, 0.6) is 5.75 Å². The van der Waals surface area contributed by atoms with E-state index in [1.165, 1.54) is 11.1 Å². The van der Waals surface area contributed by atoms with E-state index in [0.29, 0.717) is 17.9 Å². The number of nitrogens with zero attached hydrogens (tertiary/aromatic N) is 2. The zero-order valence-corrected chi connectivity index (χ0v) is 14.9. The van der Waals surface area contributed by atoms with Crippen LogP contribution in [0.3, 0.4) is 0 Å². The van der Waals surface area contributed by atoms with Crippen LogP contribution in [0, 0.1) is 11.3 Å². The highest BCUT2D eigenvalue weighted by molar-refractivity contribution is 5.77. The van der Waals surface area contributed by atoms with Crippen LogP contribution in [0.15, 0.2) is 48.5 Å². The Morgan fingerprint density at radius 1 is 1.23 bits per heavy atom. The standard InChI is InChI=1S/C21H23N3O2/c1-16(24-11-10-17-6-2-3-8-19(17)14-24)13-23-21(25)15-26-20-9-5-4-7-18(20)12-22/h2-9,16H,10-11,13-15H2,1H3,(H,23,25). The summed E-state index contributed by atoms with van der Waals surface area (Å²) in [5, 5.41) is 12.0. The summed E-state index contributed by atoms with van der Waals surface area (Å²) in [7, 11) is 0. The summed E-state index contributed by atoms with van der Waals surface area (Å²) in [5.74, 6) is 0.257. The molecule has 0 spiro atoms. The Morgan fingerprint density at radius 3 is 2.77 bits per heavy atom. The van der Waals surface area contributed by atoms with Crippen molar-refractivity contribution in [3.8, 4) is 11.8 Å². The number of ether oxygens (including phenoxy) is 1. The number of nitrogens with one attached hydrogen (secondary N) is 1. The van der Waals surface area contributed by atoms with Crippen LogP contribution < -0.4 is 10.1 Å². The van der Waals surface area contributed by atoms with Gasteiger partial charge in [0, 0.05) is 25.7 Å². The number of rotatable bonds is 6. The zero-order valence-electron chi connectivity index (χ0n) is 14.9. The molecule has 2 aromatic carbocycles. The molecule has 0 saturated heterocycles. The molecular formula is C21H23N3O2. The van der Waals surface area contributed by atoms with Gasteiger partial charge >= 0.3 is 0 Å². The van der Waals surface area contributed by atoms with E-state index in [1.807, 2.05) is 0 Å². The lowest BCUT2D eigenvalue weighted by Crippen LogP contribution is -2.45. The maximum atomic E-state index is 12.1. The average molecular weight is 349 g/mol. The van der Waals surface area contributed by atoms with Gasteiger partial charge in [0.25, 0.3) is 5.91 Å². The number of amides is 1. The van der Waals surface area contributed by atoms with Crippen molar-refractivity contribution in [2.75, 3.05) is 19.7 Å². The van der Waals surface area contributed by atoms with Crippen molar-refractivity contribution < 1.29 is 9.53 Å². The summed E-state index contributed by atoms with van der Waals surface area (Å²) in [6.07, 6.45) is 1.04. The van der Waals surface area contributed by atoms with E-state index >= 15 is 0 Å². The first kappa shape index (κ1) is 18.0. The molecule has 0 bridgehead atoms. The molecule has 0 fully saturated rings. The van der Waals surface area contributed by atoms with Gasteiger partial charge in [-0.3, -0.25) is 9.69 Å². The highest BCUT2D eigenvalue weighted by Crippen LogP contribution is 2.20. The monoisotopic (exact) mass is 349 g/mol. The molecule has 1 unspecified atom stereocenters. The summed E-state index contributed by atoms with van der Waals surface area (Å²) in [5.41, 5.74) is 3.22. The highest BCUT2D eigenvalue weighted by Gasteiger charge is 2.20. The number of hydrogen-bond acceptors (Lipinski definition) is 4. The second-order valence-corrected chi connectivity index (χ2v) is 6.54. The minimum Gasteiger partial charge on any atom is -0.482 e. The molecule has 5 heteroatoms. The number of carbonyl (C=O) groups excluding carboxylic acids is 1. The lowest BCUT2D eigenvalue weighted by Gasteiger charge is -2.33. The number of nitriles is 1. The number of carbonyl (C=O) groups is 1. The molecule has 0 radical (unpaired) electrons. The van der Waals surface area contributed by atoms with E-state index in [-0.39, 0.29) is 18.6 Å². The minimum atomic E-state index is -0.179. The molecule has 5 nitrogen and oxygen atoms in total. The van der Waals surface area contributed by atoms with Gasteiger partial charge < -0.3 is 10.1 Å². The first-order chi connectivity index (χ1) is 12.7. The van der Waals surface area contributed by atoms with Crippen molar-refractivity contribution in [3.63, 3.8) is 0 Å². The van der Waals surface area contributed by atoms with Crippen LogP contribution in [0.2, 0.25) is 0 Å². The third kappa shape index (κ3) is 4.41. The Hall–Kier alpha value is -2.84. The summed E-state index contributed by atoms with van der Waals surface area (Å²) in [4.78, 5) is 14.4. The Bertz CT molecular complexity index is 813. The van der Waals surface area contributed by atoms with Crippen LogP contribution in [0.25, 0.3) is 0 Å². The Kier molecular flexibility index (Phi) is 5.88. The molecule has 2 aromatic rings. The van der Waals surface area contributed by atoms with Gasteiger partial charge in [-0.2, -0.15) is 5.26 Å². The summed E-state index contributed by atoms with van der Waals surface area (Å²) in [6.45, 7) is 4.53. The van der Waals surface area contributed by atoms with E-state index in [1.54, 1.807) is 24.3 Å². The fourth-order valence-corrected chi connectivity index (χ4v) is 3.16. The third-order valence-corrected chi connectivity index (χ3v) is 4.74. The van der Waals surface area contributed by atoms with Gasteiger partial charge in [0.1, 0.15) is 11.8 Å². The first-order valence-corrected chi connectivity index (χ1v) is 8.87. The van der Waals surface area contributed by atoms with E-state index in [2.05, 4.69) is 47.5 Å². The van der Waals surface area contributed by atoms with Gasteiger partial charge in [-0.05, 0) is 36.6 Å². The number of fused-ring (bicyclic) bond motifs is 1. The first-order valence-electron chi connectivity index (χ1n) is 8.87. The van der Waals surface area contributed by atoms with Gasteiger partial charge in [0.05, 0.1) is 5.56 Å². The zero-order chi connectivity index (χ0) is 18.4. The van der Waals surface area contributed by atoms with Crippen molar-refractivity contribution in [1.29, 1.82) is 5.26 Å². The molecule has 134 valence electrons. The summed E-state index contributed by atoms with van der Waals surface area (Å²) >= 11 is 0. The van der Waals surface area contributed by atoms with E-state index < -0.39 is 0 Å². The molecule has 1 aliphatic heterocycles. The lowest BCUT2D eigenvalue weighted by molar-refractivity contribution is -0.123. The second kappa shape index (κ2) is 8.50. The molecule has 26 heavy (non-hydrogen) atoms. The fourth-order valence-electron chi connectivity index (χ4n) is 3.16. The van der Waals surface area contributed by atoms with Crippen LogP contribution in [-0.4, -0.2) is 36.5 Å². The van der Waals surface area contributed by atoms with Gasteiger partial charge in [0.15, 0.2) is 6.61 Å². The molecule has 1 amide bonds. The van der Waals surface area contributed by atoms with Crippen molar-refractivity contribution in [3.05, 3.63) is 65.2 Å². The minimum absolute atomic E-state index is 0.0890. The van der Waals surface area contributed by atoms with Gasteiger partial charge in [-0.1, -0.05) is 36.4 Å². The fraction of sp³-hybridized carbons (Fsp3) is 0.333. The number of benzene rings is 2. The average Bonchev–Trinajstić information content (AvgIpc) is 2.70. The van der Waals surface area contributed by atoms with Gasteiger partial charge in [-0.25, -0.2) is 0 Å². The second-order valence-electron chi connectivity index (χ2n) is 6.54. The van der Waals surface area contributed by atoms with Crippen molar-refractivity contribution in [2.24, 2.45) is 0 Å². The molecule has 0 aliphatic carbocycles. The molecule has 0 saturated carbocycles. The third-order valence-electron chi connectivity index (χ3n) is 4.74. The lowest BCUT2D eigenvalue weighted by atomic mass is 9.99. The highest BCUT2D eigenvalue weighted by atomic mass is 16.5. The largest absolute Gasteiger partial charge is 0.482 e. The van der Waals surface area contributed by atoms with Crippen LogP contribution in [0.1, 0.15) is 23.6 Å². The van der Waals surface area contributed by atoms with Crippen molar-refractivity contribution in [2.45, 2.75) is 25.9 Å². The molecule has 3 rings (SSSR count). The summed E-state index contributed by atoms with van der Waals surface area (Å²) in [6, 6.07) is 17.7. The molecule has 1 atom stereocenters. The molecular weight excluding hydrogens is 326 g/mol. The van der Waals surface area contributed by atoms with E-state index in [9.17, 15) is 4.79 Å². The smallest absolute Gasteiger partial charge is 0.257 e. The Morgan fingerprint density at radius 2 is 1.96 bits per heavy atom. The molecule has 1 aliphatic rings. The predicted octanol–water partition coefficient (Wildman–Crippen LogP) is 2.50. The quantitative estimate of drug-likeness (QED) is 0.870. The molecule has 0 aromatic heterocycles. The topological polar surface area (TPSA) is 65.4 Å². The maximum absolute atomic E-state index is 12.1. The maximum Gasteiger partial charge on any atom is 0.257 e. The van der Waals surface area contributed by atoms with Gasteiger partial charge in [-0.15, -0.1) is 0 Å². The van der Waals surface area contributed by atoms with Crippen LogP contribution >= 0.6 is 0 Å². The molecule has 1 N–H and O–H groups in total. The van der Waals surface area contributed by atoms with Crippen LogP contribution in [-0.2, 0) is 17.8 Å². The van der Waals surface area contributed by atoms with Crippen LogP contribution in [0.4, 0.5) is 0 Å².